The van der Waals surface area contributed by atoms with E-state index in [1.54, 1.807) is 4.90 Å². The van der Waals surface area contributed by atoms with E-state index in [0.717, 1.165) is 5.56 Å². The number of nitrogens with zero attached hydrogens (tertiary/aromatic N) is 1. The van der Waals surface area contributed by atoms with Crippen LogP contribution in [0.2, 0.25) is 0 Å². The Balaban J connectivity index is 2.59. The average molecular weight is 277 g/mol. The zero-order valence-electron chi connectivity index (χ0n) is 12.4. The molecule has 0 unspecified atom stereocenters. The lowest BCUT2D eigenvalue weighted by Gasteiger charge is -2.26. The minimum Gasteiger partial charge on any atom is -0.481 e. The van der Waals surface area contributed by atoms with Crippen molar-refractivity contribution in [2.75, 3.05) is 6.54 Å². The van der Waals surface area contributed by atoms with Gasteiger partial charge in [-0.05, 0) is 32.8 Å². The van der Waals surface area contributed by atoms with Crippen LogP contribution in [0.5, 0.6) is 0 Å². The number of hydrogen-bond acceptors (Lipinski definition) is 2. The van der Waals surface area contributed by atoms with E-state index in [1.165, 1.54) is 5.56 Å². The molecule has 0 aliphatic rings. The second kappa shape index (κ2) is 7.68. The molecule has 0 spiro atoms. The van der Waals surface area contributed by atoms with Gasteiger partial charge in [-0.2, -0.15) is 0 Å². The van der Waals surface area contributed by atoms with Gasteiger partial charge in [0.25, 0.3) is 0 Å². The molecular weight excluding hydrogens is 254 g/mol. The molecule has 20 heavy (non-hydrogen) atoms. The molecule has 110 valence electrons. The molecule has 0 bridgehead atoms. The summed E-state index contributed by atoms with van der Waals surface area (Å²) in [5.41, 5.74) is 2.16. The van der Waals surface area contributed by atoms with Crippen LogP contribution in [0.3, 0.4) is 0 Å². The van der Waals surface area contributed by atoms with Crippen LogP contribution >= 0.6 is 0 Å². The second-order valence-corrected chi connectivity index (χ2v) is 5.34. The monoisotopic (exact) mass is 277 g/mol. The Kier molecular flexibility index (Phi) is 6.22. The van der Waals surface area contributed by atoms with Crippen molar-refractivity contribution in [3.8, 4) is 0 Å². The van der Waals surface area contributed by atoms with Gasteiger partial charge in [0.05, 0.1) is 6.42 Å². The number of aliphatic carboxylic acids is 1. The number of benzene rings is 1. The van der Waals surface area contributed by atoms with Crippen molar-refractivity contribution >= 4 is 11.9 Å². The van der Waals surface area contributed by atoms with Gasteiger partial charge < -0.3 is 10.0 Å². The quantitative estimate of drug-likeness (QED) is 0.833. The molecule has 0 saturated heterocycles. The molecule has 1 aromatic rings. The summed E-state index contributed by atoms with van der Waals surface area (Å²) in [6, 6.07) is 7.99. The highest BCUT2D eigenvalue weighted by atomic mass is 16.4. The molecule has 0 saturated carbocycles. The Labute approximate surface area is 120 Å². The van der Waals surface area contributed by atoms with E-state index in [0.29, 0.717) is 19.4 Å². The lowest BCUT2D eigenvalue weighted by Crippen LogP contribution is -2.38. The predicted octanol–water partition coefficient (Wildman–Crippen LogP) is 2.64. The summed E-state index contributed by atoms with van der Waals surface area (Å²) in [5, 5.41) is 8.66. The van der Waals surface area contributed by atoms with E-state index >= 15 is 0 Å². The third-order valence-electron chi connectivity index (χ3n) is 3.21. The van der Waals surface area contributed by atoms with Crippen LogP contribution in [-0.2, 0) is 16.0 Å². The maximum absolute atomic E-state index is 12.3. The first kappa shape index (κ1) is 16.2. The van der Waals surface area contributed by atoms with Crippen LogP contribution in [0.4, 0.5) is 0 Å². The fraction of sp³-hybridized carbons (Fsp3) is 0.500. The van der Waals surface area contributed by atoms with Crippen molar-refractivity contribution in [3.63, 3.8) is 0 Å². The van der Waals surface area contributed by atoms with Gasteiger partial charge in [0, 0.05) is 19.0 Å². The average Bonchev–Trinajstić information content (AvgIpc) is 2.36. The number of carbonyl (C=O) groups is 2. The standard InChI is InChI=1S/C16H23NO3/c1-12(2)17(10-4-5-16(19)20)15(18)11-14-8-6-13(3)7-9-14/h6-9,12H,4-5,10-11H2,1-3H3,(H,19,20). The van der Waals surface area contributed by atoms with E-state index in [-0.39, 0.29) is 18.4 Å². The summed E-state index contributed by atoms with van der Waals surface area (Å²) >= 11 is 0. The van der Waals surface area contributed by atoms with Gasteiger partial charge in [-0.1, -0.05) is 29.8 Å². The van der Waals surface area contributed by atoms with Gasteiger partial charge in [0.2, 0.25) is 5.91 Å². The Hall–Kier alpha value is -1.84. The van der Waals surface area contributed by atoms with E-state index in [1.807, 2.05) is 45.0 Å². The van der Waals surface area contributed by atoms with Crippen LogP contribution in [0.15, 0.2) is 24.3 Å². The van der Waals surface area contributed by atoms with E-state index in [4.69, 9.17) is 5.11 Å². The van der Waals surface area contributed by atoms with Crippen molar-refractivity contribution in [2.24, 2.45) is 0 Å². The summed E-state index contributed by atoms with van der Waals surface area (Å²) in [6.07, 6.45) is 0.958. The topological polar surface area (TPSA) is 57.6 Å². The Morgan fingerprint density at radius 2 is 1.80 bits per heavy atom. The maximum atomic E-state index is 12.3. The lowest BCUT2D eigenvalue weighted by molar-refractivity contribution is -0.138. The summed E-state index contributed by atoms with van der Waals surface area (Å²) in [7, 11) is 0. The summed E-state index contributed by atoms with van der Waals surface area (Å²) in [6.45, 7) is 6.41. The zero-order valence-corrected chi connectivity index (χ0v) is 12.4. The number of carboxylic acids is 1. The molecule has 0 aliphatic carbocycles. The third-order valence-corrected chi connectivity index (χ3v) is 3.21. The van der Waals surface area contributed by atoms with Crippen molar-refractivity contribution < 1.29 is 14.7 Å². The minimum atomic E-state index is -0.820. The predicted molar refractivity (Wildman–Crippen MR) is 78.6 cm³/mol. The molecule has 1 aromatic carbocycles. The van der Waals surface area contributed by atoms with Gasteiger partial charge in [0.15, 0.2) is 0 Å². The Morgan fingerprint density at radius 1 is 1.20 bits per heavy atom. The number of carboxylic acid groups (broad SMARTS) is 1. The first-order valence-electron chi connectivity index (χ1n) is 6.97. The molecule has 4 nitrogen and oxygen atoms in total. The normalized spacial score (nSPS) is 10.6. The molecule has 0 aliphatic heterocycles. The van der Waals surface area contributed by atoms with Crippen LogP contribution in [0.1, 0.15) is 37.8 Å². The van der Waals surface area contributed by atoms with Gasteiger partial charge in [-0.3, -0.25) is 9.59 Å². The van der Waals surface area contributed by atoms with Crippen molar-refractivity contribution in [1.29, 1.82) is 0 Å². The molecule has 1 N–H and O–H groups in total. The van der Waals surface area contributed by atoms with Crippen molar-refractivity contribution in [3.05, 3.63) is 35.4 Å². The minimum absolute atomic E-state index is 0.0502. The number of aryl methyl sites for hydroxylation is 1. The number of rotatable bonds is 7. The van der Waals surface area contributed by atoms with Crippen molar-refractivity contribution in [2.45, 2.75) is 46.1 Å². The first-order valence-corrected chi connectivity index (χ1v) is 6.97. The van der Waals surface area contributed by atoms with Gasteiger partial charge in [-0.25, -0.2) is 0 Å². The van der Waals surface area contributed by atoms with E-state index in [9.17, 15) is 9.59 Å². The van der Waals surface area contributed by atoms with E-state index in [2.05, 4.69) is 0 Å². The highest BCUT2D eigenvalue weighted by Crippen LogP contribution is 2.09. The number of hydrogen-bond donors (Lipinski definition) is 1. The van der Waals surface area contributed by atoms with Gasteiger partial charge in [0.1, 0.15) is 0 Å². The zero-order chi connectivity index (χ0) is 15.1. The van der Waals surface area contributed by atoms with Gasteiger partial charge >= 0.3 is 5.97 Å². The maximum Gasteiger partial charge on any atom is 0.303 e. The Morgan fingerprint density at radius 3 is 2.30 bits per heavy atom. The van der Waals surface area contributed by atoms with Crippen LogP contribution < -0.4 is 0 Å². The Bertz CT molecular complexity index is 451. The summed E-state index contributed by atoms with van der Waals surface area (Å²) in [4.78, 5) is 24.6. The molecule has 4 heteroatoms. The molecule has 0 atom stereocenters. The fourth-order valence-electron chi connectivity index (χ4n) is 2.05. The molecule has 0 aromatic heterocycles. The second-order valence-electron chi connectivity index (χ2n) is 5.34. The summed E-state index contributed by atoms with van der Waals surface area (Å²) < 4.78 is 0. The highest BCUT2D eigenvalue weighted by molar-refractivity contribution is 5.79. The van der Waals surface area contributed by atoms with E-state index < -0.39 is 5.97 Å². The molecule has 1 amide bonds. The smallest absolute Gasteiger partial charge is 0.303 e. The van der Waals surface area contributed by atoms with Crippen LogP contribution in [0, 0.1) is 6.92 Å². The number of amides is 1. The lowest BCUT2D eigenvalue weighted by atomic mass is 10.1. The third kappa shape index (κ3) is 5.43. The van der Waals surface area contributed by atoms with Crippen LogP contribution in [-0.4, -0.2) is 34.5 Å². The first-order chi connectivity index (χ1) is 9.40. The largest absolute Gasteiger partial charge is 0.481 e. The summed E-state index contributed by atoms with van der Waals surface area (Å²) in [5.74, 6) is -0.770. The molecule has 1 rings (SSSR count). The molecule has 0 radical (unpaired) electrons. The SMILES string of the molecule is Cc1ccc(CC(=O)N(CCCC(=O)O)C(C)C)cc1. The van der Waals surface area contributed by atoms with Crippen molar-refractivity contribution in [1.82, 2.24) is 4.90 Å². The fourth-order valence-corrected chi connectivity index (χ4v) is 2.05. The van der Waals surface area contributed by atoms with Crippen LogP contribution in [0.25, 0.3) is 0 Å². The molecule has 0 fully saturated rings. The van der Waals surface area contributed by atoms with Gasteiger partial charge in [-0.15, -0.1) is 0 Å². The number of carbonyl (C=O) groups excluding carboxylic acids is 1. The molecular formula is C16H23NO3. The molecule has 0 heterocycles. The highest BCUT2D eigenvalue weighted by Gasteiger charge is 2.17.